The summed E-state index contributed by atoms with van der Waals surface area (Å²) in [5.41, 5.74) is 14.8. The molecule has 0 atom stereocenters. The Kier molecular flexibility index (Phi) is 6.33. The molecule has 4 nitrogen and oxygen atoms in total. The molecule has 0 fully saturated rings. The number of nitriles is 2. The largest absolute Gasteiger partial charge is 0.308 e. The summed E-state index contributed by atoms with van der Waals surface area (Å²) in [6, 6.07) is 41.4. The van der Waals surface area contributed by atoms with Gasteiger partial charge in [0.15, 0.2) is 0 Å². The van der Waals surface area contributed by atoms with Crippen molar-refractivity contribution in [3.8, 4) is 34.6 Å². The number of nitrogens with zero attached hydrogens (tertiary/aromatic N) is 4. The summed E-state index contributed by atoms with van der Waals surface area (Å²) >= 11 is 0. The Morgan fingerprint density at radius 1 is 0.404 bits per heavy atom. The number of aromatic nitrogens is 2. The molecule has 0 aliphatic carbocycles. The highest BCUT2D eigenvalue weighted by Gasteiger charge is 2.24. The summed E-state index contributed by atoms with van der Waals surface area (Å²) in [5.74, 6) is 0. The van der Waals surface area contributed by atoms with E-state index in [9.17, 15) is 10.5 Å². The topological polar surface area (TPSA) is 57.4 Å². The van der Waals surface area contributed by atoms with E-state index in [0.29, 0.717) is 11.1 Å². The van der Waals surface area contributed by atoms with Crippen molar-refractivity contribution in [3.05, 3.63) is 142 Å². The summed E-state index contributed by atoms with van der Waals surface area (Å²) in [6.07, 6.45) is 0. The molecule has 0 aliphatic rings. The second kappa shape index (κ2) is 10.5. The van der Waals surface area contributed by atoms with Crippen LogP contribution >= 0.6 is 0 Å². The third-order valence-corrected chi connectivity index (χ3v) is 9.36. The Morgan fingerprint density at radius 2 is 0.766 bits per heavy atom. The summed E-state index contributed by atoms with van der Waals surface area (Å²) < 4.78 is 4.65. The minimum absolute atomic E-state index is 0.567. The Labute approximate surface area is 274 Å². The van der Waals surface area contributed by atoms with E-state index in [1.54, 1.807) is 0 Å². The minimum atomic E-state index is 0.567. The van der Waals surface area contributed by atoms with Crippen LogP contribution in [0.5, 0.6) is 0 Å². The van der Waals surface area contributed by atoms with Crippen molar-refractivity contribution in [1.82, 2.24) is 9.13 Å². The van der Waals surface area contributed by atoms with Crippen molar-refractivity contribution in [2.24, 2.45) is 0 Å². The first kappa shape index (κ1) is 28.4. The SMILES string of the molecule is Cc1cc(C#N)cc(-c2c(-n3c4cc(C)ccc4c4ccc(C)cc43)cc(C#N)cc2-n2c3cc(C)ccc3c3ccc(C)cc32)c1. The fourth-order valence-electron chi connectivity index (χ4n) is 7.31. The molecule has 0 unspecified atom stereocenters. The van der Waals surface area contributed by atoms with Crippen molar-refractivity contribution < 1.29 is 0 Å². The minimum Gasteiger partial charge on any atom is -0.308 e. The highest BCUT2D eigenvalue weighted by molar-refractivity contribution is 6.12. The van der Waals surface area contributed by atoms with Crippen LogP contribution in [-0.2, 0) is 0 Å². The van der Waals surface area contributed by atoms with Crippen LogP contribution in [0.25, 0.3) is 66.1 Å². The van der Waals surface area contributed by atoms with Crippen LogP contribution in [0.4, 0.5) is 0 Å². The van der Waals surface area contributed by atoms with Gasteiger partial charge in [-0.2, -0.15) is 10.5 Å². The van der Waals surface area contributed by atoms with E-state index in [-0.39, 0.29) is 0 Å². The van der Waals surface area contributed by atoms with Gasteiger partial charge in [-0.15, -0.1) is 0 Å². The molecule has 0 N–H and O–H groups in total. The maximum Gasteiger partial charge on any atom is 0.0993 e. The number of benzene rings is 6. The fraction of sp³-hybridized carbons (Fsp3) is 0.116. The van der Waals surface area contributed by atoms with Crippen molar-refractivity contribution in [2.75, 3.05) is 0 Å². The van der Waals surface area contributed by atoms with Crippen LogP contribution in [0.2, 0.25) is 0 Å². The molecule has 0 saturated carbocycles. The van der Waals surface area contributed by atoms with E-state index >= 15 is 0 Å². The van der Waals surface area contributed by atoms with E-state index in [1.807, 2.05) is 31.2 Å². The molecule has 6 aromatic carbocycles. The first-order valence-corrected chi connectivity index (χ1v) is 15.9. The van der Waals surface area contributed by atoms with Crippen LogP contribution in [0.1, 0.15) is 38.9 Å². The van der Waals surface area contributed by atoms with Crippen LogP contribution < -0.4 is 0 Å². The number of hydrogen-bond acceptors (Lipinski definition) is 2. The molecular formula is C43H32N4. The molecule has 0 radical (unpaired) electrons. The molecule has 47 heavy (non-hydrogen) atoms. The van der Waals surface area contributed by atoms with Crippen molar-refractivity contribution in [2.45, 2.75) is 34.6 Å². The van der Waals surface area contributed by atoms with Gasteiger partial charge in [-0.05, 0) is 117 Å². The predicted octanol–water partition coefficient (Wildman–Crippen LogP) is 10.8. The third-order valence-electron chi connectivity index (χ3n) is 9.36. The van der Waals surface area contributed by atoms with Crippen molar-refractivity contribution in [1.29, 1.82) is 10.5 Å². The average molecular weight is 605 g/mol. The molecule has 0 aliphatic heterocycles. The van der Waals surface area contributed by atoms with E-state index in [0.717, 1.165) is 93.9 Å². The zero-order valence-electron chi connectivity index (χ0n) is 27.1. The first-order valence-electron chi connectivity index (χ1n) is 15.9. The monoisotopic (exact) mass is 604 g/mol. The van der Waals surface area contributed by atoms with E-state index < -0.39 is 0 Å². The number of aryl methyl sites for hydroxylation is 5. The quantitative estimate of drug-likeness (QED) is 0.201. The number of fused-ring (bicyclic) bond motifs is 6. The molecule has 2 heterocycles. The lowest BCUT2D eigenvalue weighted by molar-refractivity contribution is 1.13. The number of hydrogen-bond donors (Lipinski definition) is 0. The van der Waals surface area contributed by atoms with E-state index in [4.69, 9.17) is 0 Å². The zero-order valence-corrected chi connectivity index (χ0v) is 27.1. The number of rotatable bonds is 3. The molecule has 224 valence electrons. The first-order chi connectivity index (χ1) is 22.7. The standard InChI is InChI=1S/C43H32N4/c1-25-6-10-33-34-11-7-26(2)17-38(34)46(37(33)16-25)41-21-31(24-45)22-42(43(41)32-15-29(5)14-30(20-32)23-44)47-39-18-27(3)8-12-35(39)36-13-9-28(4)19-40(36)47/h6-22H,1-5H3. The van der Waals surface area contributed by atoms with Crippen LogP contribution in [0.3, 0.4) is 0 Å². The lowest BCUT2D eigenvalue weighted by Gasteiger charge is -2.21. The summed E-state index contributed by atoms with van der Waals surface area (Å²) in [7, 11) is 0. The van der Waals surface area contributed by atoms with Crippen LogP contribution in [0, 0.1) is 57.3 Å². The molecular weight excluding hydrogens is 573 g/mol. The second-order valence-electron chi connectivity index (χ2n) is 13.0. The maximum atomic E-state index is 10.6. The van der Waals surface area contributed by atoms with Crippen LogP contribution in [0.15, 0.2) is 103 Å². The smallest absolute Gasteiger partial charge is 0.0993 e. The Hall–Kier alpha value is -6.10. The van der Waals surface area contributed by atoms with Gasteiger partial charge in [0.1, 0.15) is 0 Å². The molecule has 0 bridgehead atoms. The molecule has 8 aromatic rings. The lowest BCUT2D eigenvalue weighted by atomic mass is 9.95. The van der Waals surface area contributed by atoms with Gasteiger partial charge >= 0.3 is 0 Å². The Balaban J connectivity index is 1.64. The molecule has 0 saturated heterocycles. The van der Waals surface area contributed by atoms with E-state index in [2.05, 4.69) is 128 Å². The van der Waals surface area contributed by atoms with Gasteiger partial charge in [-0.25, -0.2) is 0 Å². The normalized spacial score (nSPS) is 11.5. The fourth-order valence-corrected chi connectivity index (χ4v) is 7.31. The van der Waals surface area contributed by atoms with Gasteiger partial charge < -0.3 is 9.13 Å². The molecule has 8 rings (SSSR count). The van der Waals surface area contributed by atoms with E-state index in [1.165, 1.54) is 0 Å². The molecule has 4 heteroatoms. The summed E-state index contributed by atoms with van der Waals surface area (Å²) in [6.45, 7) is 10.5. The van der Waals surface area contributed by atoms with Gasteiger partial charge in [-0.3, -0.25) is 0 Å². The average Bonchev–Trinajstić information content (AvgIpc) is 3.53. The summed E-state index contributed by atoms with van der Waals surface area (Å²) in [5, 5.41) is 25.3. The highest BCUT2D eigenvalue weighted by Crippen LogP contribution is 2.43. The molecule has 2 aromatic heterocycles. The maximum absolute atomic E-state index is 10.6. The predicted molar refractivity (Wildman–Crippen MR) is 194 cm³/mol. The van der Waals surface area contributed by atoms with Gasteiger partial charge in [0.2, 0.25) is 0 Å². The van der Waals surface area contributed by atoms with Crippen LogP contribution in [-0.4, -0.2) is 9.13 Å². The van der Waals surface area contributed by atoms with Gasteiger partial charge in [0.05, 0.1) is 56.7 Å². The lowest BCUT2D eigenvalue weighted by Crippen LogP contribution is -2.05. The zero-order chi connectivity index (χ0) is 32.6. The highest BCUT2D eigenvalue weighted by atomic mass is 15.0. The molecule has 0 amide bonds. The van der Waals surface area contributed by atoms with Gasteiger partial charge in [0.25, 0.3) is 0 Å². The van der Waals surface area contributed by atoms with Crippen molar-refractivity contribution >= 4 is 43.6 Å². The molecule has 0 spiro atoms. The Bertz CT molecular complexity index is 2440. The van der Waals surface area contributed by atoms with Crippen molar-refractivity contribution in [3.63, 3.8) is 0 Å². The summed E-state index contributed by atoms with van der Waals surface area (Å²) in [4.78, 5) is 0. The third kappa shape index (κ3) is 4.42. The van der Waals surface area contributed by atoms with Gasteiger partial charge in [-0.1, -0.05) is 54.6 Å². The van der Waals surface area contributed by atoms with Gasteiger partial charge in [0, 0.05) is 27.1 Å². The second-order valence-corrected chi connectivity index (χ2v) is 13.0. The Morgan fingerprint density at radius 3 is 1.13 bits per heavy atom.